The number of hydrogen-bond acceptors (Lipinski definition) is 1. The summed E-state index contributed by atoms with van der Waals surface area (Å²) < 4.78 is 2.76. The number of rotatable bonds is 1. The molecule has 0 spiro atoms. The molecule has 1 aromatic heterocycles. The van der Waals surface area contributed by atoms with Gasteiger partial charge in [0.25, 0.3) is 0 Å². The van der Waals surface area contributed by atoms with Crippen LogP contribution in [-0.4, -0.2) is 0 Å². The Morgan fingerprint density at radius 1 is 0.419 bits per heavy atom. The zero-order valence-electron chi connectivity index (χ0n) is 16.8. The van der Waals surface area contributed by atoms with Gasteiger partial charge < -0.3 is 0 Å². The van der Waals surface area contributed by atoms with E-state index < -0.39 is 0 Å². The van der Waals surface area contributed by atoms with E-state index in [9.17, 15) is 0 Å². The van der Waals surface area contributed by atoms with Crippen LogP contribution in [-0.2, 0) is 0 Å². The molecule has 0 amide bonds. The largest absolute Gasteiger partial charge is 0.134 e. The minimum Gasteiger partial charge on any atom is -0.134 e. The molecule has 0 radical (unpaired) electrons. The Morgan fingerprint density at radius 3 is 1.90 bits per heavy atom. The summed E-state index contributed by atoms with van der Waals surface area (Å²) in [6.45, 7) is 0. The summed E-state index contributed by atoms with van der Waals surface area (Å²) in [6.07, 6.45) is 0. The van der Waals surface area contributed by atoms with Crippen molar-refractivity contribution in [2.24, 2.45) is 0 Å². The molecular weight excluding hydrogens is 392 g/mol. The maximum Gasteiger partial charge on any atom is 0.0440 e. The van der Waals surface area contributed by atoms with E-state index in [1.54, 1.807) is 0 Å². The summed E-state index contributed by atoms with van der Waals surface area (Å²) in [6, 6.07) is 39.9. The second kappa shape index (κ2) is 6.41. The van der Waals surface area contributed by atoms with Crippen molar-refractivity contribution in [3.8, 4) is 11.1 Å². The molecule has 0 atom stereocenters. The average molecular weight is 411 g/mol. The number of fused-ring (bicyclic) bond motifs is 9. The molecule has 0 nitrogen and oxygen atoms in total. The maximum atomic E-state index is 2.32. The molecule has 0 saturated carbocycles. The zero-order chi connectivity index (χ0) is 20.4. The lowest BCUT2D eigenvalue weighted by Gasteiger charge is -2.07. The second-order valence-electron chi connectivity index (χ2n) is 8.14. The van der Waals surface area contributed by atoms with E-state index >= 15 is 0 Å². The summed E-state index contributed by atoms with van der Waals surface area (Å²) in [7, 11) is 0. The first-order chi connectivity index (χ1) is 15.4. The minimum absolute atomic E-state index is 1.28. The van der Waals surface area contributed by atoms with Crippen molar-refractivity contribution in [3.63, 3.8) is 0 Å². The molecule has 1 heterocycles. The summed E-state index contributed by atoms with van der Waals surface area (Å²) in [4.78, 5) is 0. The van der Waals surface area contributed by atoms with Crippen molar-refractivity contribution in [1.82, 2.24) is 0 Å². The van der Waals surface area contributed by atoms with Gasteiger partial charge in [-0.05, 0) is 44.1 Å². The zero-order valence-corrected chi connectivity index (χ0v) is 17.6. The Morgan fingerprint density at radius 2 is 1.06 bits per heavy atom. The first-order valence-corrected chi connectivity index (χ1v) is 11.4. The Balaban J connectivity index is 1.65. The summed E-state index contributed by atoms with van der Waals surface area (Å²) in [5, 5.41) is 10.7. The molecule has 7 aromatic rings. The van der Waals surface area contributed by atoms with Crippen LogP contribution >= 0.6 is 11.3 Å². The van der Waals surface area contributed by atoms with E-state index in [1.807, 2.05) is 11.3 Å². The van der Waals surface area contributed by atoms with Crippen LogP contribution in [0.5, 0.6) is 0 Å². The summed E-state index contributed by atoms with van der Waals surface area (Å²) >= 11 is 1.93. The molecule has 6 aromatic carbocycles. The van der Waals surface area contributed by atoms with Gasteiger partial charge in [0.1, 0.15) is 0 Å². The smallest absolute Gasteiger partial charge is 0.0440 e. The molecule has 0 saturated heterocycles. The van der Waals surface area contributed by atoms with Gasteiger partial charge in [-0.15, -0.1) is 11.3 Å². The summed E-state index contributed by atoms with van der Waals surface area (Å²) in [5.74, 6) is 0. The predicted octanol–water partition coefficient (Wildman–Crippen LogP) is 9.18. The fourth-order valence-electron chi connectivity index (χ4n) is 5.01. The van der Waals surface area contributed by atoms with E-state index in [-0.39, 0.29) is 0 Å². The fourth-order valence-corrected chi connectivity index (χ4v) is 6.40. The van der Waals surface area contributed by atoms with Crippen molar-refractivity contribution in [2.75, 3.05) is 0 Å². The van der Waals surface area contributed by atoms with Gasteiger partial charge in [0.15, 0.2) is 0 Å². The molecule has 0 unspecified atom stereocenters. The van der Waals surface area contributed by atoms with Gasteiger partial charge in [-0.1, -0.05) is 103 Å². The predicted molar refractivity (Wildman–Crippen MR) is 137 cm³/mol. The highest BCUT2D eigenvalue weighted by atomic mass is 32.1. The number of thiophene rings is 1. The molecule has 0 aliphatic carbocycles. The molecule has 0 bridgehead atoms. The highest BCUT2D eigenvalue weighted by molar-refractivity contribution is 7.27. The third-order valence-electron chi connectivity index (χ3n) is 6.43. The van der Waals surface area contributed by atoms with Crippen LogP contribution in [0.3, 0.4) is 0 Å². The normalized spacial score (nSPS) is 11.9. The van der Waals surface area contributed by atoms with Gasteiger partial charge in [-0.25, -0.2) is 0 Å². The molecule has 7 rings (SSSR count). The quantitative estimate of drug-likeness (QED) is 0.237. The first-order valence-electron chi connectivity index (χ1n) is 10.6. The molecule has 0 fully saturated rings. The van der Waals surface area contributed by atoms with E-state index in [4.69, 9.17) is 0 Å². The maximum absolute atomic E-state index is 2.32. The van der Waals surface area contributed by atoms with Crippen LogP contribution in [0, 0.1) is 0 Å². The molecule has 0 aliphatic heterocycles. The van der Waals surface area contributed by atoms with Crippen molar-refractivity contribution in [3.05, 3.63) is 109 Å². The lowest BCUT2D eigenvalue weighted by atomic mass is 9.95. The molecule has 144 valence electrons. The Bertz CT molecular complexity index is 1790. The first kappa shape index (κ1) is 17.0. The average Bonchev–Trinajstić information content (AvgIpc) is 3.24. The van der Waals surface area contributed by atoms with Crippen molar-refractivity contribution < 1.29 is 0 Å². The van der Waals surface area contributed by atoms with E-state index in [2.05, 4.69) is 109 Å². The lowest BCUT2D eigenvalue weighted by Crippen LogP contribution is -1.81. The monoisotopic (exact) mass is 410 g/mol. The van der Waals surface area contributed by atoms with Crippen LogP contribution in [0.15, 0.2) is 109 Å². The van der Waals surface area contributed by atoms with Crippen LogP contribution in [0.25, 0.3) is 63.6 Å². The van der Waals surface area contributed by atoms with Gasteiger partial charge in [0.05, 0.1) is 0 Å². The minimum atomic E-state index is 1.28. The van der Waals surface area contributed by atoms with Crippen LogP contribution < -0.4 is 0 Å². The SMILES string of the molecule is c1ccc2cc(-c3cccc4c3sc3c5ccccc5c5ccccc5c43)ccc2c1. The third kappa shape index (κ3) is 2.41. The molecule has 1 heteroatoms. The van der Waals surface area contributed by atoms with E-state index in [0.29, 0.717) is 0 Å². The standard InChI is InChI=1S/C30H18S/c1-2-9-20-18-21(17-16-19(20)8-1)22-14-7-15-27-28-25-12-5-3-10-23(25)24-11-4-6-13-26(24)30(28)31-29(22)27/h1-18H. The summed E-state index contributed by atoms with van der Waals surface area (Å²) in [5.41, 5.74) is 2.60. The highest BCUT2D eigenvalue weighted by Gasteiger charge is 2.16. The van der Waals surface area contributed by atoms with Gasteiger partial charge in [0, 0.05) is 25.6 Å². The topological polar surface area (TPSA) is 0 Å². The number of hydrogen-bond donors (Lipinski definition) is 0. The fraction of sp³-hybridized carbons (Fsp3) is 0. The molecule has 0 aliphatic rings. The van der Waals surface area contributed by atoms with E-state index in [1.165, 1.54) is 63.6 Å². The second-order valence-corrected chi connectivity index (χ2v) is 9.16. The van der Waals surface area contributed by atoms with Crippen molar-refractivity contribution >= 4 is 63.8 Å². The molecule has 31 heavy (non-hydrogen) atoms. The lowest BCUT2D eigenvalue weighted by molar-refractivity contribution is 1.71. The van der Waals surface area contributed by atoms with Crippen LogP contribution in [0.1, 0.15) is 0 Å². The molecule has 0 N–H and O–H groups in total. The molecular formula is C30H18S. The van der Waals surface area contributed by atoms with Gasteiger partial charge in [-0.3, -0.25) is 0 Å². The van der Waals surface area contributed by atoms with Crippen molar-refractivity contribution in [2.45, 2.75) is 0 Å². The van der Waals surface area contributed by atoms with Gasteiger partial charge in [0.2, 0.25) is 0 Å². The van der Waals surface area contributed by atoms with Crippen LogP contribution in [0.2, 0.25) is 0 Å². The Labute approximate surface area is 184 Å². The van der Waals surface area contributed by atoms with Crippen molar-refractivity contribution in [1.29, 1.82) is 0 Å². The third-order valence-corrected chi connectivity index (χ3v) is 7.71. The van der Waals surface area contributed by atoms with E-state index in [0.717, 1.165) is 0 Å². The Kier molecular flexibility index (Phi) is 3.52. The van der Waals surface area contributed by atoms with Crippen LogP contribution in [0.4, 0.5) is 0 Å². The Hall–Kier alpha value is -3.68. The highest BCUT2D eigenvalue weighted by Crippen LogP contribution is 2.46. The van der Waals surface area contributed by atoms with Gasteiger partial charge in [-0.2, -0.15) is 0 Å². The number of benzene rings is 6. The van der Waals surface area contributed by atoms with Gasteiger partial charge >= 0.3 is 0 Å².